The van der Waals surface area contributed by atoms with Gasteiger partial charge in [0.2, 0.25) is 0 Å². The molecule has 0 saturated carbocycles. The normalized spacial score (nSPS) is 17.1. The minimum Gasteiger partial charge on any atom is -0.361 e. The number of rotatable bonds is 4. The van der Waals surface area contributed by atoms with Gasteiger partial charge in [-0.1, -0.05) is 34.1 Å². The van der Waals surface area contributed by atoms with Gasteiger partial charge in [0.05, 0.1) is 5.56 Å². The molecule has 1 aromatic heterocycles. The smallest absolute Gasteiger partial charge is 0.270 e. The molecule has 24 heavy (non-hydrogen) atoms. The number of hydrazine groups is 1. The van der Waals surface area contributed by atoms with Crippen LogP contribution >= 0.6 is 23.6 Å². The van der Waals surface area contributed by atoms with Crippen LogP contribution in [0.15, 0.2) is 5.38 Å². The minimum absolute atomic E-state index is 0.0960. The van der Waals surface area contributed by atoms with Crippen LogP contribution in [0, 0.1) is 11.3 Å². The lowest BCUT2D eigenvalue weighted by Gasteiger charge is -2.34. The maximum atomic E-state index is 12.4. The standard InChI is InChI=1S/C18H29N3OS2/c1-5-6-9-19-17(23)21-20-16(22)14-11-24-15-10-12(18(2,3)4)7-8-13(14)15/h11-12H,5-10H2,1-4H3,(H,20,22)(H2,19,21,23)/t12-/m0/s1. The van der Waals surface area contributed by atoms with E-state index >= 15 is 0 Å². The number of hydrogen-bond donors (Lipinski definition) is 3. The van der Waals surface area contributed by atoms with E-state index < -0.39 is 0 Å². The zero-order valence-corrected chi connectivity index (χ0v) is 16.8. The number of carbonyl (C=O) groups is 1. The van der Waals surface area contributed by atoms with Crippen LogP contribution in [0.25, 0.3) is 0 Å². The Labute approximate surface area is 154 Å². The maximum Gasteiger partial charge on any atom is 0.270 e. The fourth-order valence-corrected chi connectivity index (χ4v) is 4.36. The number of hydrogen-bond acceptors (Lipinski definition) is 3. The van der Waals surface area contributed by atoms with Crippen LogP contribution in [-0.2, 0) is 12.8 Å². The van der Waals surface area contributed by atoms with Crippen molar-refractivity contribution < 1.29 is 4.79 Å². The molecule has 0 bridgehead atoms. The molecular weight excluding hydrogens is 338 g/mol. The molecule has 0 spiro atoms. The lowest BCUT2D eigenvalue weighted by Crippen LogP contribution is -2.47. The van der Waals surface area contributed by atoms with E-state index in [0.717, 1.165) is 44.2 Å². The fraction of sp³-hybridized carbons (Fsp3) is 0.667. The summed E-state index contributed by atoms with van der Waals surface area (Å²) in [7, 11) is 0. The molecule has 0 aliphatic heterocycles. The van der Waals surface area contributed by atoms with Crippen LogP contribution in [0.4, 0.5) is 0 Å². The van der Waals surface area contributed by atoms with Crippen molar-refractivity contribution >= 4 is 34.6 Å². The summed E-state index contributed by atoms with van der Waals surface area (Å²) in [6.45, 7) is 9.87. The predicted octanol–water partition coefficient (Wildman–Crippen LogP) is 3.81. The van der Waals surface area contributed by atoms with Crippen molar-refractivity contribution in [3.8, 4) is 0 Å². The Kier molecular flexibility index (Phi) is 6.63. The maximum absolute atomic E-state index is 12.4. The summed E-state index contributed by atoms with van der Waals surface area (Å²) >= 11 is 6.87. The molecule has 4 nitrogen and oxygen atoms in total. The molecule has 1 aliphatic rings. The molecule has 0 aromatic carbocycles. The van der Waals surface area contributed by atoms with Crippen LogP contribution in [0.5, 0.6) is 0 Å². The SMILES string of the molecule is CCCCNC(=S)NNC(=O)c1csc2c1CC[C@H](C(C)(C)C)C2. The topological polar surface area (TPSA) is 53.2 Å². The third-order valence-corrected chi connectivity index (χ3v) is 6.03. The highest BCUT2D eigenvalue weighted by Gasteiger charge is 2.31. The Hall–Kier alpha value is -1.14. The van der Waals surface area contributed by atoms with Gasteiger partial charge < -0.3 is 5.32 Å². The molecule has 0 unspecified atom stereocenters. The molecule has 1 heterocycles. The quantitative estimate of drug-likeness (QED) is 0.430. The van der Waals surface area contributed by atoms with Crippen LogP contribution < -0.4 is 16.2 Å². The van der Waals surface area contributed by atoms with Crippen molar-refractivity contribution in [2.75, 3.05) is 6.54 Å². The Balaban J connectivity index is 1.91. The summed E-state index contributed by atoms with van der Waals surface area (Å²) in [4.78, 5) is 13.8. The second-order valence-corrected chi connectivity index (χ2v) is 8.92. The molecule has 1 amide bonds. The van der Waals surface area contributed by atoms with Gasteiger partial charge in [0.25, 0.3) is 5.91 Å². The van der Waals surface area contributed by atoms with E-state index in [1.807, 2.05) is 5.38 Å². The molecule has 0 radical (unpaired) electrons. The Bertz CT molecular complexity index is 590. The number of thiocarbonyl (C=S) groups is 1. The number of unbranched alkanes of at least 4 members (excludes halogenated alkanes) is 1. The zero-order chi connectivity index (χ0) is 17.7. The van der Waals surface area contributed by atoms with E-state index in [1.165, 1.54) is 10.4 Å². The van der Waals surface area contributed by atoms with E-state index in [0.29, 0.717) is 16.4 Å². The first-order valence-electron chi connectivity index (χ1n) is 8.76. The summed E-state index contributed by atoms with van der Waals surface area (Å²) in [6, 6.07) is 0. The van der Waals surface area contributed by atoms with E-state index in [2.05, 4.69) is 43.9 Å². The second-order valence-electron chi connectivity index (χ2n) is 7.55. The van der Waals surface area contributed by atoms with E-state index in [4.69, 9.17) is 12.2 Å². The Morgan fingerprint density at radius 2 is 2.12 bits per heavy atom. The summed E-state index contributed by atoms with van der Waals surface area (Å²) in [5.41, 5.74) is 7.86. The van der Waals surface area contributed by atoms with Crippen LogP contribution in [0.3, 0.4) is 0 Å². The summed E-state index contributed by atoms with van der Waals surface area (Å²) in [5.74, 6) is 0.592. The minimum atomic E-state index is -0.0960. The lowest BCUT2D eigenvalue weighted by molar-refractivity contribution is 0.0942. The van der Waals surface area contributed by atoms with Crippen LogP contribution in [0.1, 0.15) is 67.8 Å². The fourth-order valence-electron chi connectivity index (χ4n) is 3.05. The van der Waals surface area contributed by atoms with Gasteiger partial charge in [-0.25, -0.2) is 0 Å². The van der Waals surface area contributed by atoms with Crippen molar-refractivity contribution in [2.24, 2.45) is 11.3 Å². The summed E-state index contributed by atoms with van der Waals surface area (Å²) in [5, 5.41) is 5.53. The highest BCUT2D eigenvalue weighted by Crippen LogP contribution is 2.40. The molecule has 2 rings (SSSR count). The first-order valence-corrected chi connectivity index (χ1v) is 10.0. The first-order chi connectivity index (χ1) is 11.3. The van der Waals surface area contributed by atoms with Gasteiger partial charge in [-0.15, -0.1) is 11.3 Å². The number of amides is 1. The molecule has 0 saturated heterocycles. The Morgan fingerprint density at radius 1 is 1.38 bits per heavy atom. The number of carbonyl (C=O) groups excluding carboxylic acids is 1. The van der Waals surface area contributed by atoms with Crippen LogP contribution in [0.2, 0.25) is 0 Å². The van der Waals surface area contributed by atoms with Gasteiger partial charge in [0.15, 0.2) is 5.11 Å². The van der Waals surface area contributed by atoms with Crippen molar-refractivity contribution in [3.63, 3.8) is 0 Å². The van der Waals surface area contributed by atoms with Crippen molar-refractivity contribution in [1.82, 2.24) is 16.2 Å². The van der Waals surface area contributed by atoms with Crippen LogP contribution in [-0.4, -0.2) is 17.6 Å². The highest BCUT2D eigenvalue weighted by molar-refractivity contribution is 7.80. The van der Waals surface area contributed by atoms with Gasteiger partial charge in [-0.2, -0.15) is 0 Å². The molecule has 1 atom stereocenters. The van der Waals surface area contributed by atoms with Gasteiger partial charge in [0, 0.05) is 16.8 Å². The van der Waals surface area contributed by atoms with E-state index in [-0.39, 0.29) is 5.91 Å². The average Bonchev–Trinajstić information content (AvgIpc) is 2.95. The third-order valence-electron chi connectivity index (χ3n) is 4.73. The molecule has 1 aliphatic carbocycles. The largest absolute Gasteiger partial charge is 0.361 e. The monoisotopic (exact) mass is 367 g/mol. The Morgan fingerprint density at radius 3 is 2.79 bits per heavy atom. The van der Waals surface area contributed by atoms with Gasteiger partial charge in [0.1, 0.15) is 0 Å². The van der Waals surface area contributed by atoms with Gasteiger partial charge >= 0.3 is 0 Å². The van der Waals surface area contributed by atoms with Crippen molar-refractivity contribution in [1.29, 1.82) is 0 Å². The number of thiophene rings is 1. The highest BCUT2D eigenvalue weighted by atomic mass is 32.1. The predicted molar refractivity (Wildman–Crippen MR) is 105 cm³/mol. The van der Waals surface area contributed by atoms with Crippen molar-refractivity contribution in [3.05, 3.63) is 21.4 Å². The van der Waals surface area contributed by atoms with Crippen molar-refractivity contribution in [2.45, 2.75) is 59.8 Å². The molecule has 1 aromatic rings. The first kappa shape index (κ1) is 19.2. The zero-order valence-electron chi connectivity index (χ0n) is 15.1. The second kappa shape index (κ2) is 8.30. The molecule has 6 heteroatoms. The average molecular weight is 368 g/mol. The van der Waals surface area contributed by atoms with E-state index in [1.54, 1.807) is 11.3 Å². The number of nitrogens with one attached hydrogen (secondary N) is 3. The summed E-state index contributed by atoms with van der Waals surface area (Å²) in [6.07, 6.45) is 5.39. The molecule has 3 N–H and O–H groups in total. The number of fused-ring (bicyclic) bond motifs is 1. The van der Waals surface area contributed by atoms with Gasteiger partial charge in [-0.05, 0) is 54.8 Å². The van der Waals surface area contributed by atoms with E-state index in [9.17, 15) is 4.79 Å². The molecule has 134 valence electrons. The lowest BCUT2D eigenvalue weighted by atomic mass is 9.72. The van der Waals surface area contributed by atoms with Gasteiger partial charge in [-0.3, -0.25) is 15.6 Å². The summed E-state index contributed by atoms with van der Waals surface area (Å²) < 4.78 is 0. The third kappa shape index (κ3) is 4.93. The molecule has 0 fully saturated rings. The molecular formula is C18H29N3OS2.